The number of hydrogen-bond donors (Lipinski definition) is 1. The summed E-state index contributed by atoms with van der Waals surface area (Å²) in [4.78, 5) is 13.1. The maximum atomic E-state index is 13.1. The molecule has 3 aromatic rings. The number of amides is 1. The van der Waals surface area contributed by atoms with Crippen LogP contribution in [0.3, 0.4) is 0 Å². The number of carbonyl (C=O) groups is 1. The average Bonchev–Trinajstić information content (AvgIpc) is 3.55. The van der Waals surface area contributed by atoms with Crippen molar-refractivity contribution in [2.24, 2.45) is 11.0 Å². The van der Waals surface area contributed by atoms with E-state index >= 15 is 0 Å². The third-order valence-electron chi connectivity index (χ3n) is 6.36. The fraction of sp³-hybridized carbons (Fsp3) is 0.286. The molecule has 158 valence electrons. The Morgan fingerprint density at radius 1 is 0.871 bits per heavy atom. The molecule has 0 spiro atoms. The van der Waals surface area contributed by atoms with Crippen molar-refractivity contribution in [2.75, 3.05) is 0 Å². The second-order valence-electron chi connectivity index (χ2n) is 9.46. The number of hydrogen-bond acceptors (Lipinski definition) is 2. The van der Waals surface area contributed by atoms with Gasteiger partial charge in [0, 0.05) is 5.41 Å². The van der Waals surface area contributed by atoms with E-state index < -0.39 is 0 Å². The van der Waals surface area contributed by atoms with Gasteiger partial charge in [0.05, 0.1) is 11.6 Å². The first-order valence-electron chi connectivity index (χ1n) is 10.9. The molecule has 1 N–H and O–H groups in total. The predicted octanol–water partition coefficient (Wildman–Crippen LogP) is 5.83. The fourth-order valence-electron chi connectivity index (χ4n) is 4.35. The number of rotatable bonds is 5. The number of benzene rings is 3. The van der Waals surface area contributed by atoms with Gasteiger partial charge in [-0.2, -0.15) is 5.10 Å². The van der Waals surface area contributed by atoms with Crippen LogP contribution < -0.4 is 5.43 Å². The lowest BCUT2D eigenvalue weighted by Gasteiger charge is -2.19. The maximum absolute atomic E-state index is 13.1. The molecule has 3 heteroatoms. The van der Waals surface area contributed by atoms with Crippen molar-refractivity contribution in [1.29, 1.82) is 0 Å². The third kappa shape index (κ3) is 4.18. The Morgan fingerprint density at radius 2 is 1.39 bits per heavy atom. The second-order valence-corrected chi connectivity index (χ2v) is 9.46. The van der Waals surface area contributed by atoms with Gasteiger partial charge in [-0.15, -0.1) is 0 Å². The minimum absolute atomic E-state index is 0.0293. The van der Waals surface area contributed by atoms with Crippen molar-refractivity contribution < 1.29 is 4.79 Å². The molecule has 31 heavy (non-hydrogen) atoms. The van der Waals surface area contributed by atoms with Gasteiger partial charge in [-0.1, -0.05) is 106 Å². The second kappa shape index (κ2) is 8.14. The molecule has 0 saturated heterocycles. The van der Waals surface area contributed by atoms with Crippen molar-refractivity contribution >= 4 is 11.6 Å². The highest BCUT2D eigenvalue weighted by atomic mass is 16.2. The molecule has 3 aromatic carbocycles. The zero-order valence-electron chi connectivity index (χ0n) is 18.7. The molecule has 0 radical (unpaired) electrons. The van der Waals surface area contributed by atoms with Crippen LogP contribution in [0.25, 0.3) is 0 Å². The summed E-state index contributed by atoms with van der Waals surface area (Å²) in [5, 5.41) is 4.42. The van der Waals surface area contributed by atoms with Crippen LogP contribution in [0.4, 0.5) is 0 Å². The molecule has 0 aliphatic heterocycles. The lowest BCUT2D eigenvalue weighted by atomic mass is 9.85. The zero-order chi connectivity index (χ0) is 22.1. The summed E-state index contributed by atoms with van der Waals surface area (Å²) in [6.07, 6.45) is 0.793. The largest absolute Gasteiger partial charge is 0.273 e. The van der Waals surface area contributed by atoms with E-state index in [2.05, 4.69) is 79.8 Å². The van der Waals surface area contributed by atoms with Gasteiger partial charge in [-0.05, 0) is 41.0 Å². The molecule has 1 unspecified atom stereocenters. The third-order valence-corrected chi connectivity index (χ3v) is 6.36. The fourth-order valence-corrected chi connectivity index (χ4v) is 4.35. The Hall–Kier alpha value is -3.20. The molecule has 0 heterocycles. The summed E-state index contributed by atoms with van der Waals surface area (Å²) in [6, 6.07) is 29.0. The molecule has 0 aromatic heterocycles. The summed E-state index contributed by atoms with van der Waals surface area (Å²) < 4.78 is 0. The molecule has 1 saturated carbocycles. The quantitative estimate of drug-likeness (QED) is 0.417. The van der Waals surface area contributed by atoms with Crippen molar-refractivity contribution in [3.63, 3.8) is 0 Å². The molecule has 1 aliphatic rings. The van der Waals surface area contributed by atoms with Gasteiger partial charge >= 0.3 is 0 Å². The van der Waals surface area contributed by atoms with E-state index in [1.54, 1.807) is 0 Å². The standard InChI is InChI=1S/C28H30N2O/c1-20(21-15-17-22(18-16-21)27(2,3)4)29-30-26(31)25-19-28(25,23-11-7-5-8-12-23)24-13-9-6-10-14-24/h5-18,25H,19H2,1-4H3,(H,30,31). The van der Waals surface area contributed by atoms with Crippen molar-refractivity contribution in [1.82, 2.24) is 5.43 Å². The van der Waals surface area contributed by atoms with Gasteiger partial charge in [0.25, 0.3) is 0 Å². The van der Waals surface area contributed by atoms with Crippen LogP contribution in [0, 0.1) is 5.92 Å². The van der Waals surface area contributed by atoms with Crippen LogP contribution in [0.15, 0.2) is 90.0 Å². The Labute approximate surface area is 185 Å². The van der Waals surface area contributed by atoms with Gasteiger partial charge in [-0.25, -0.2) is 5.43 Å². The number of carbonyl (C=O) groups excluding carboxylic acids is 1. The molecule has 3 nitrogen and oxygen atoms in total. The Balaban J connectivity index is 1.52. The lowest BCUT2D eigenvalue weighted by Crippen LogP contribution is -2.26. The SMILES string of the molecule is CC(=NNC(=O)C1CC1(c1ccccc1)c1ccccc1)c1ccc(C(C)(C)C)cc1. The molecule has 0 bridgehead atoms. The van der Waals surface area contributed by atoms with Gasteiger partial charge in [0.2, 0.25) is 5.91 Å². The average molecular weight is 411 g/mol. The number of hydrazone groups is 1. The maximum Gasteiger partial charge on any atom is 0.244 e. The van der Waals surface area contributed by atoms with E-state index in [0.717, 1.165) is 17.7 Å². The van der Waals surface area contributed by atoms with Gasteiger partial charge < -0.3 is 0 Å². The van der Waals surface area contributed by atoms with E-state index in [-0.39, 0.29) is 22.7 Å². The van der Waals surface area contributed by atoms with Crippen LogP contribution in [0.5, 0.6) is 0 Å². The predicted molar refractivity (Wildman–Crippen MR) is 127 cm³/mol. The minimum atomic E-state index is -0.273. The number of nitrogens with one attached hydrogen (secondary N) is 1. The van der Waals surface area contributed by atoms with Crippen molar-refractivity contribution in [3.05, 3.63) is 107 Å². The summed E-state index contributed by atoms with van der Waals surface area (Å²) in [6.45, 7) is 8.53. The first-order valence-corrected chi connectivity index (χ1v) is 10.9. The highest BCUT2D eigenvalue weighted by Crippen LogP contribution is 2.58. The highest BCUT2D eigenvalue weighted by Gasteiger charge is 2.60. The van der Waals surface area contributed by atoms with Crippen molar-refractivity contribution in [3.8, 4) is 0 Å². The van der Waals surface area contributed by atoms with Crippen LogP contribution in [-0.2, 0) is 15.6 Å². The van der Waals surface area contributed by atoms with Crippen LogP contribution in [0.1, 0.15) is 56.4 Å². The van der Waals surface area contributed by atoms with Crippen molar-refractivity contribution in [2.45, 2.75) is 44.9 Å². The first-order chi connectivity index (χ1) is 14.8. The molecule has 1 atom stereocenters. The summed E-state index contributed by atoms with van der Waals surface area (Å²) in [5.41, 5.74) is 8.13. The molecule has 4 rings (SSSR count). The van der Waals surface area contributed by atoms with Gasteiger partial charge in [0.1, 0.15) is 0 Å². The van der Waals surface area contributed by atoms with Crippen LogP contribution in [0.2, 0.25) is 0 Å². The summed E-state index contributed by atoms with van der Waals surface area (Å²) in [5.74, 6) is -0.157. The van der Waals surface area contributed by atoms with Crippen LogP contribution >= 0.6 is 0 Å². The molecule has 1 fully saturated rings. The molecule has 1 aliphatic carbocycles. The first kappa shape index (κ1) is 21.0. The zero-order valence-corrected chi connectivity index (χ0v) is 18.7. The number of nitrogens with zero attached hydrogens (tertiary/aromatic N) is 1. The highest BCUT2D eigenvalue weighted by molar-refractivity contribution is 5.99. The molecular formula is C28H30N2O. The van der Waals surface area contributed by atoms with Gasteiger partial charge in [-0.3, -0.25) is 4.79 Å². The molecule has 1 amide bonds. The normalized spacial score (nSPS) is 17.8. The molecular weight excluding hydrogens is 380 g/mol. The Kier molecular flexibility index (Phi) is 5.53. The topological polar surface area (TPSA) is 41.5 Å². The Bertz CT molecular complexity index is 1040. The van der Waals surface area contributed by atoms with E-state index in [0.29, 0.717) is 0 Å². The Morgan fingerprint density at radius 3 is 1.87 bits per heavy atom. The van der Waals surface area contributed by atoms with E-state index in [1.165, 1.54) is 16.7 Å². The lowest BCUT2D eigenvalue weighted by molar-refractivity contribution is -0.122. The minimum Gasteiger partial charge on any atom is -0.273 e. The van der Waals surface area contributed by atoms with E-state index in [4.69, 9.17) is 0 Å². The van der Waals surface area contributed by atoms with Gasteiger partial charge in [0.15, 0.2) is 0 Å². The van der Waals surface area contributed by atoms with E-state index in [9.17, 15) is 4.79 Å². The van der Waals surface area contributed by atoms with Crippen LogP contribution in [-0.4, -0.2) is 11.6 Å². The van der Waals surface area contributed by atoms with E-state index in [1.807, 2.05) is 43.3 Å². The summed E-state index contributed by atoms with van der Waals surface area (Å²) >= 11 is 0. The summed E-state index contributed by atoms with van der Waals surface area (Å²) in [7, 11) is 0. The smallest absolute Gasteiger partial charge is 0.244 e. The monoisotopic (exact) mass is 410 g/mol.